The van der Waals surface area contributed by atoms with Crippen molar-refractivity contribution in [2.24, 2.45) is 0 Å². The summed E-state index contributed by atoms with van der Waals surface area (Å²) in [5.41, 5.74) is 0. The van der Waals surface area contributed by atoms with Crippen molar-refractivity contribution in [1.29, 1.82) is 0 Å². The highest BCUT2D eigenvalue weighted by Crippen LogP contribution is 2.20. The summed E-state index contributed by atoms with van der Waals surface area (Å²) in [6.07, 6.45) is 3.02. The predicted molar refractivity (Wildman–Crippen MR) is 30.2 cm³/mol. The van der Waals surface area contributed by atoms with Gasteiger partial charge in [0.15, 0.2) is 0 Å². The number of fused-ring (bicyclic) bond motifs is 1. The second-order valence-electron chi connectivity index (χ2n) is 1.82. The fourth-order valence-electron chi connectivity index (χ4n) is 0.741. The molecule has 0 atom stereocenters. The average molecular weight is 142 g/mol. The Bertz CT molecular complexity index is 172. The molecule has 0 bridgehead atoms. The van der Waals surface area contributed by atoms with E-state index in [4.69, 9.17) is 18.9 Å². The largest absolute Gasteiger partial charge is 0.461 e. The van der Waals surface area contributed by atoms with Crippen molar-refractivity contribution in [2.45, 2.75) is 0 Å². The summed E-state index contributed by atoms with van der Waals surface area (Å²) in [6, 6.07) is 0. The first kappa shape index (κ1) is 5.46. The highest BCUT2D eigenvalue weighted by atomic mass is 16.7. The molecule has 2 rings (SSSR count). The Morgan fingerprint density at radius 2 is 1.40 bits per heavy atom. The third-order valence-corrected chi connectivity index (χ3v) is 1.19. The van der Waals surface area contributed by atoms with Crippen LogP contribution in [0.1, 0.15) is 0 Å². The van der Waals surface area contributed by atoms with Gasteiger partial charge in [0, 0.05) is 0 Å². The Labute approximate surface area is 57.6 Å². The maximum absolute atomic E-state index is 5.00. The minimum atomic E-state index is 0.224. The topological polar surface area (TPSA) is 36.9 Å². The molecule has 2 heterocycles. The molecule has 10 heavy (non-hydrogen) atoms. The van der Waals surface area contributed by atoms with Crippen molar-refractivity contribution in [3.05, 3.63) is 24.0 Å². The van der Waals surface area contributed by atoms with Gasteiger partial charge < -0.3 is 18.9 Å². The van der Waals surface area contributed by atoms with Gasteiger partial charge in [-0.3, -0.25) is 0 Å². The lowest BCUT2D eigenvalue weighted by Crippen LogP contribution is -2.14. The van der Waals surface area contributed by atoms with E-state index in [1.807, 2.05) is 0 Å². The molecular formula is C6H6O4. The van der Waals surface area contributed by atoms with Crippen molar-refractivity contribution in [3.8, 4) is 0 Å². The van der Waals surface area contributed by atoms with Crippen LogP contribution in [0.3, 0.4) is 0 Å². The maximum atomic E-state index is 5.00. The van der Waals surface area contributed by atoms with Crippen LogP contribution < -0.4 is 0 Å². The monoisotopic (exact) mass is 142 g/mol. The number of rotatable bonds is 0. The molecule has 0 aromatic rings. The second-order valence-corrected chi connectivity index (χ2v) is 1.82. The minimum absolute atomic E-state index is 0.224. The molecule has 4 heteroatoms. The minimum Gasteiger partial charge on any atom is -0.461 e. The van der Waals surface area contributed by atoms with Crippen LogP contribution in [0.2, 0.25) is 0 Å². The van der Waals surface area contributed by atoms with Crippen LogP contribution in [-0.2, 0) is 18.9 Å². The average Bonchev–Trinajstić information content (AvgIpc) is 2.05. The fraction of sp³-hybridized carbons (Fsp3) is 0.333. The molecule has 2 aliphatic rings. The van der Waals surface area contributed by atoms with Crippen molar-refractivity contribution in [1.82, 2.24) is 0 Å². The van der Waals surface area contributed by atoms with E-state index in [0.29, 0.717) is 11.5 Å². The Morgan fingerprint density at radius 1 is 0.900 bits per heavy atom. The number of ether oxygens (including phenoxy) is 4. The Morgan fingerprint density at radius 3 is 1.90 bits per heavy atom. The highest BCUT2D eigenvalue weighted by Gasteiger charge is 2.17. The standard InChI is InChI=1S/C6H6O4/c1-5-6(10-3-7-1)2-8-4-9-5/h1-2H,3-4H2. The van der Waals surface area contributed by atoms with E-state index in [0.717, 1.165) is 0 Å². The molecule has 0 spiro atoms. The lowest BCUT2D eigenvalue weighted by atomic mass is 10.4. The summed E-state index contributed by atoms with van der Waals surface area (Å²) >= 11 is 0. The SMILES string of the molecule is C1=C2OCOC=C2OCO1. The van der Waals surface area contributed by atoms with Gasteiger partial charge in [0.05, 0.1) is 0 Å². The Balaban J connectivity index is 2.25. The molecule has 0 fully saturated rings. The summed E-state index contributed by atoms with van der Waals surface area (Å²) in [4.78, 5) is 0. The molecule has 0 N–H and O–H groups in total. The highest BCUT2D eigenvalue weighted by molar-refractivity contribution is 5.18. The van der Waals surface area contributed by atoms with Gasteiger partial charge in [-0.25, -0.2) is 0 Å². The van der Waals surface area contributed by atoms with Crippen LogP contribution in [0.15, 0.2) is 24.0 Å². The molecule has 0 saturated carbocycles. The molecule has 0 aromatic carbocycles. The molecule has 54 valence electrons. The molecule has 0 aliphatic carbocycles. The van der Waals surface area contributed by atoms with Crippen molar-refractivity contribution in [3.63, 3.8) is 0 Å². The first-order chi connectivity index (χ1) is 4.97. The molecule has 2 aliphatic heterocycles. The third-order valence-electron chi connectivity index (χ3n) is 1.19. The summed E-state index contributed by atoms with van der Waals surface area (Å²) < 4.78 is 19.7. The summed E-state index contributed by atoms with van der Waals surface area (Å²) in [7, 11) is 0. The smallest absolute Gasteiger partial charge is 0.230 e. The van der Waals surface area contributed by atoms with Crippen LogP contribution in [0.25, 0.3) is 0 Å². The lowest BCUT2D eigenvalue weighted by Gasteiger charge is -2.21. The van der Waals surface area contributed by atoms with Crippen LogP contribution in [0.5, 0.6) is 0 Å². The van der Waals surface area contributed by atoms with Crippen LogP contribution in [0.4, 0.5) is 0 Å². The van der Waals surface area contributed by atoms with E-state index in [9.17, 15) is 0 Å². The van der Waals surface area contributed by atoms with Crippen molar-refractivity contribution >= 4 is 0 Å². The van der Waals surface area contributed by atoms with E-state index >= 15 is 0 Å². The van der Waals surface area contributed by atoms with E-state index < -0.39 is 0 Å². The molecule has 0 aromatic heterocycles. The van der Waals surface area contributed by atoms with Crippen LogP contribution in [-0.4, -0.2) is 13.6 Å². The normalized spacial score (nSPS) is 21.6. The van der Waals surface area contributed by atoms with Crippen molar-refractivity contribution < 1.29 is 18.9 Å². The molecule has 0 radical (unpaired) electrons. The summed E-state index contributed by atoms with van der Waals surface area (Å²) in [6.45, 7) is 0.449. The van der Waals surface area contributed by atoms with Gasteiger partial charge >= 0.3 is 0 Å². The zero-order valence-electron chi connectivity index (χ0n) is 5.20. The zero-order valence-corrected chi connectivity index (χ0v) is 5.20. The van der Waals surface area contributed by atoms with Gasteiger partial charge in [0.25, 0.3) is 0 Å². The number of hydrogen-bond acceptors (Lipinski definition) is 4. The van der Waals surface area contributed by atoms with Crippen LogP contribution >= 0.6 is 0 Å². The van der Waals surface area contributed by atoms with E-state index in [-0.39, 0.29) is 13.6 Å². The maximum Gasteiger partial charge on any atom is 0.230 e. The molecule has 0 unspecified atom stereocenters. The van der Waals surface area contributed by atoms with E-state index in [2.05, 4.69) is 0 Å². The van der Waals surface area contributed by atoms with Gasteiger partial charge in [0.1, 0.15) is 12.5 Å². The summed E-state index contributed by atoms with van der Waals surface area (Å²) in [5.74, 6) is 1.19. The van der Waals surface area contributed by atoms with Gasteiger partial charge in [-0.1, -0.05) is 0 Å². The quantitative estimate of drug-likeness (QED) is 0.498. The summed E-state index contributed by atoms with van der Waals surface area (Å²) in [5, 5.41) is 0. The van der Waals surface area contributed by atoms with Gasteiger partial charge in [-0.05, 0) is 0 Å². The van der Waals surface area contributed by atoms with E-state index in [1.165, 1.54) is 12.5 Å². The predicted octanol–water partition coefficient (Wildman–Crippen LogP) is 0.678. The Kier molecular flexibility index (Phi) is 1.16. The van der Waals surface area contributed by atoms with Crippen LogP contribution in [0, 0.1) is 0 Å². The van der Waals surface area contributed by atoms with Gasteiger partial charge in [0.2, 0.25) is 25.1 Å². The molecule has 4 nitrogen and oxygen atoms in total. The van der Waals surface area contributed by atoms with Gasteiger partial charge in [-0.15, -0.1) is 0 Å². The Hall–Kier alpha value is -1.32. The third kappa shape index (κ3) is 0.775. The first-order valence-corrected chi connectivity index (χ1v) is 2.86. The lowest BCUT2D eigenvalue weighted by molar-refractivity contribution is -0.0624. The molecule has 0 amide bonds. The molecular weight excluding hydrogens is 136 g/mol. The zero-order chi connectivity index (χ0) is 6.81. The van der Waals surface area contributed by atoms with Crippen molar-refractivity contribution in [2.75, 3.05) is 13.6 Å². The van der Waals surface area contributed by atoms with E-state index in [1.54, 1.807) is 0 Å². The fourth-order valence-corrected chi connectivity index (χ4v) is 0.741. The second kappa shape index (κ2) is 2.13. The van der Waals surface area contributed by atoms with Gasteiger partial charge in [-0.2, -0.15) is 0 Å². The number of hydrogen-bond donors (Lipinski definition) is 0. The first-order valence-electron chi connectivity index (χ1n) is 2.86. The molecule has 0 saturated heterocycles.